The van der Waals surface area contributed by atoms with Gasteiger partial charge < -0.3 is 24.5 Å². The summed E-state index contributed by atoms with van der Waals surface area (Å²) < 4.78 is 20.5. The number of benzene rings is 2. The molecule has 9 nitrogen and oxygen atoms in total. The summed E-state index contributed by atoms with van der Waals surface area (Å²) in [5, 5.41) is 3.87. The Morgan fingerprint density at radius 1 is 1.04 bits per heavy atom. The van der Waals surface area contributed by atoms with Crippen molar-refractivity contribution < 1.29 is 28.3 Å². The molecule has 0 saturated carbocycles. The molecule has 0 bridgehead atoms. The zero-order valence-corrected chi connectivity index (χ0v) is 15.0. The van der Waals surface area contributed by atoms with E-state index in [-0.39, 0.29) is 19.1 Å². The predicted octanol–water partition coefficient (Wildman–Crippen LogP) is 1.97. The minimum absolute atomic E-state index is 0.165. The topological polar surface area (TPSA) is 127 Å². The highest BCUT2D eigenvalue weighted by atomic mass is 16.6. The fourth-order valence-corrected chi connectivity index (χ4v) is 2.22. The molecule has 1 aromatic heterocycles. The van der Waals surface area contributed by atoms with Gasteiger partial charge >= 0.3 is 5.97 Å². The van der Waals surface area contributed by atoms with E-state index in [1.807, 2.05) is 0 Å². The predicted molar refractivity (Wildman–Crippen MR) is 96.5 cm³/mol. The Morgan fingerprint density at radius 3 is 2.36 bits per heavy atom. The summed E-state index contributed by atoms with van der Waals surface area (Å²) in [5.74, 6) is 0.525. The zero-order chi connectivity index (χ0) is 19.9. The fraction of sp³-hybridized carbons (Fsp3) is 0.158. The smallest absolute Gasteiger partial charge is 0.338 e. The number of hydrogen-bond donors (Lipinski definition) is 1. The van der Waals surface area contributed by atoms with Crippen LogP contribution >= 0.6 is 0 Å². The summed E-state index contributed by atoms with van der Waals surface area (Å²) >= 11 is 0. The van der Waals surface area contributed by atoms with Crippen molar-refractivity contribution in [1.82, 2.24) is 10.1 Å². The van der Waals surface area contributed by atoms with Crippen LogP contribution in [-0.2, 0) is 16.1 Å². The van der Waals surface area contributed by atoms with Gasteiger partial charge in [-0.05, 0) is 48.5 Å². The molecule has 0 saturated heterocycles. The quantitative estimate of drug-likeness (QED) is 0.585. The Morgan fingerprint density at radius 2 is 1.71 bits per heavy atom. The average Bonchev–Trinajstić information content (AvgIpc) is 3.20. The van der Waals surface area contributed by atoms with Crippen LogP contribution in [0.5, 0.6) is 11.5 Å². The molecule has 1 heterocycles. The number of aromatic nitrogens is 2. The first-order valence-electron chi connectivity index (χ1n) is 8.20. The van der Waals surface area contributed by atoms with Gasteiger partial charge in [0, 0.05) is 5.56 Å². The molecular weight excluding hydrogens is 366 g/mol. The number of methoxy groups -OCH3 is 1. The molecular formula is C19H17N3O6. The van der Waals surface area contributed by atoms with Crippen LogP contribution in [0.2, 0.25) is 0 Å². The van der Waals surface area contributed by atoms with Crippen LogP contribution in [0, 0.1) is 0 Å². The first kappa shape index (κ1) is 18.9. The first-order valence-corrected chi connectivity index (χ1v) is 8.20. The molecule has 3 rings (SSSR count). The van der Waals surface area contributed by atoms with E-state index in [4.69, 9.17) is 24.5 Å². The molecule has 9 heteroatoms. The van der Waals surface area contributed by atoms with Gasteiger partial charge in [0.25, 0.3) is 11.8 Å². The van der Waals surface area contributed by atoms with Crippen LogP contribution in [0.3, 0.4) is 0 Å². The minimum atomic E-state index is -0.586. The van der Waals surface area contributed by atoms with Crippen LogP contribution in [0.1, 0.15) is 16.2 Å². The van der Waals surface area contributed by atoms with E-state index in [1.54, 1.807) is 31.4 Å². The number of amides is 1. The second kappa shape index (κ2) is 8.67. The van der Waals surface area contributed by atoms with E-state index in [9.17, 15) is 9.59 Å². The fourth-order valence-electron chi connectivity index (χ4n) is 2.22. The number of rotatable bonds is 8. The number of carbonyl (C=O) groups is 2. The highest BCUT2D eigenvalue weighted by Crippen LogP contribution is 2.20. The molecule has 0 fully saturated rings. The summed E-state index contributed by atoms with van der Waals surface area (Å²) in [5.41, 5.74) is 6.05. The Bertz CT molecular complexity index is 951. The lowest BCUT2D eigenvalue weighted by atomic mass is 10.2. The van der Waals surface area contributed by atoms with Crippen LogP contribution in [0.4, 0.5) is 0 Å². The SMILES string of the molecule is COc1ccc(-c2noc(COC(=O)c3ccc(OCC(N)=O)cc3)n2)cc1. The largest absolute Gasteiger partial charge is 0.497 e. The number of ether oxygens (including phenoxy) is 3. The van der Waals surface area contributed by atoms with Gasteiger partial charge in [-0.1, -0.05) is 5.16 Å². The van der Waals surface area contributed by atoms with Crippen molar-refractivity contribution in [2.75, 3.05) is 13.7 Å². The Balaban J connectivity index is 1.55. The zero-order valence-electron chi connectivity index (χ0n) is 15.0. The third-order valence-corrected chi connectivity index (χ3v) is 3.61. The third kappa shape index (κ3) is 4.85. The van der Waals surface area contributed by atoms with Crippen LogP contribution in [0.15, 0.2) is 53.1 Å². The molecule has 0 spiro atoms. The third-order valence-electron chi connectivity index (χ3n) is 3.61. The molecule has 0 aliphatic carbocycles. The molecule has 0 radical (unpaired) electrons. The Labute approximate surface area is 160 Å². The maximum atomic E-state index is 12.1. The molecule has 144 valence electrons. The van der Waals surface area contributed by atoms with Crippen LogP contribution in [-0.4, -0.2) is 35.7 Å². The van der Waals surface area contributed by atoms with Gasteiger partial charge in [-0.3, -0.25) is 4.79 Å². The van der Waals surface area contributed by atoms with Crippen LogP contribution in [0.25, 0.3) is 11.4 Å². The van der Waals surface area contributed by atoms with Gasteiger partial charge in [0.2, 0.25) is 5.82 Å². The second-order valence-electron chi connectivity index (χ2n) is 5.60. The summed E-state index contributed by atoms with van der Waals surface area (Å²) in [6, 6.07) is 13.2. The minimum Gasteiger partial charge on any atom is -0.497 e. The molecule has 28 heavy (non-hydrogen) atoms. The second-order valence-corrected chi connectivity index (χ2v) is 5.60. The Kier molecular flexibility index (Phi) is 5.85. The maximum absolute atomic E-state index is 12.1. The van der Waals surface area contributed by atoms with Crippen molar-refractivity contribution in [3.05, 3.63) is 60.0 Å². The highest BCUT2D eigenvalue weighted by Gasteiger charge is 2.13. The lowest BCUT2D eigenvalue weighted by Crippen LogP contribution is -2.20. The van der Waals surface area contributed by atoms with Crippen molar-refractivity contribution in [1.29, 1.82) is 0 Å². The lowest BCUT2D eigenvalue weighted by molar-refractivity contribution is -0.119. The van der Waals surface area contributed by atoms with E-state index >= 15 is 0 Å². The van der Waals surface area contributed by atoms with E-state index in [1.165, 1.54) is 24.3 Å². The molecule has 3 aromatic rings. The first-order chi connectivity index (χ1) is 13.5. The van der Waals surface area contributed by atoms with Crippen molar-refractivity contribution in [2.24, 2.45) is 5.73 Å². The van der Waals surface area contributed by atoms with Crippen molar-refractivity contribution in [3.63, 3.8) is 0 Å². The maximum Gasteiger partial charge on any atom is 0.338 e. The molecule has 0 atom stereocenters. The molecule has 2 N–H and O–H groups in total. The molecule has 0 aliphatic heterocycles. The summed E-state index contributed by atoms with van der Waals surface area (Å²) in [7, 11) is 1.58. The van der Waals surface area contributed by atoms with E-state index < -0.39 is 11.9 Å². The molecule has 0 unspecified atom stereocenters. The number of esters is 1. The molecule has 0 aliphatic rings. The summed E-state index contributed by atoms with van der Waals surface area (Å²) in [6.07, 6.45) is 0. The number of primary amides is 1. The number of nitrogens with zero attached hydrogens (tertiary/aromatic N) is 2. The van der Waals surface area contributed by atoms with Crippen molar-refractivity contribution in [2.45, 2.75) is 6.61 Å². The van der Waals surface area contributed by atoms with Crippen molar-refractivity contribution >= 4 is 11.9 Å². The number of hydrogen-bond acceptors (Lipinski definition) is 8. The van der Waals surface area contributed by atoms with E-state index in [0.29, 0.717) is 22.9 Å². The van der Waals surface area contributed by atoms with Gasteiger partial charge in [-0.2, -0.15) is 4.98 Å². The highest BCUT2D eigenvalue weighted by molar-refractivity contribution is 5.89. The Hall–Kier alpha value is -3.88. The number of carbonyl (C=O) groups excluding carboxylic acids is 2. The van der Waals surface area contributed by atoms with Gasteiger partial charge in [-0.25, -0.2) is 4.79 Å². The lowest BCUT2D eigenvalue weighted by Gasteiger charge is -2.05. The molecule has 2 aromatic carbocycles. The van der Waals surface area contributed by atoms with Gasteiger partial charge in [-0.15, -0.1) is 0 Å². The summed E-state index contributed by atoms with van der Waals surface area (Å²) in [6.45, 7) is -0.403. The van der Waals surface area contributed by atoms with Crippen molar-refractivity contribution in [3.8, 4) is 22.9 Å². The summed E-state index contributed by atoms with van der Waals surface area (Å²) in [4.78, 5) is 27.0. The standard InChI is InChI=1S/C19H17N3O6/c1-25-14-6-2-12(3-7-14)18-21-17(28-22-18)11-27-19(24)13-4-8-15(9-5-13)26-10-16(20)23/h2-9H,10-11H2,1H3,(H2,20,23). The molecule has 1 amide bonds. The van der Waals surface area contributed by atoms with E-state index in [2.05, 4.69) is 10.1 Å². The van der Waals surface area contributed by atoms with Crippen LogP contribution < -0.4 is 15.2 Å². The van der Waals surface area contributed by atoms with E-state index in [0.717, 1.165) is 5.56 Å². The van der Waals surface area contributed by atoms with Gasteiger partial charge in [0.05, 0.1) is 12.7 Å². The van der Waals surface area contributed by atoms with Gasteiger partial charge in [0.1, 0.15) is 11.5 Å². The monoisotopic (exact) mass is 383 g/mol. The normalized spacial score (nSPS) is 10.3. The average molecular weight is 383 g/mol. The van der Waals surface area contributed by atoms with Gasteiger partial charge in [0.15, 0.2) is 13.2 Å². The number of nitrogens with two attached hydrogens (primary N) is 1.